The van der Waals surface area contributed by atoms with Gasteiger partial charge in [-0.05, 0) is 25.1 Å². The molecule has 0 unspecified atom stereocenters. The van der Waals surface area contributed by atoms with Crippen LogP contribution in [-0.2, 0) is 0 Å². The summed E-state index contributed by atoms with van der Waals surface area (Å²) in [6, 6.07) is 0. The van der Waals surface area contributed by atoms with Crippen LogP contribution in [0.4, 0.5) is 5.82 Å². The number of nitrogens with zero attached hydrogens (tertiary/aromatic N) is 4. The Bertz CT molecular complexity index is 392. The lowest BCUT2D eigenvalue weighted by atomic mass is 10.4. The minimum Gasteiger partial charge on any atom is -0.280 e. The molecule has 1 rings (SSSR count). The van der Waals surface area contributed by atoms with Crippen LogP contribution in [-0.4, -0.2) is 36.0 Å². The lowest BCUT2D eigenvalue weighted by molar-refractivity contribution is 0.474. The Balaban J connectivity index is 3.30. The van der Waals surface area contributed by atoms with E-state index in [9.17, 15) is 9.11 Å². The molecule has 7 heteroatoms. The molecule has 0 aliphatic carbocycles. The van der Waals surface area contributed by atoms with Gasteiger partial charge in [0, 0.05) is 12.5 Å². The predicted molar refractivity (Wildman–Crippen MR) is 62.7 cm³/mol. The van der Waals surface area contributed by atoms with Gasteiger partial charge in [-0.2, -0.15) is 0 Å². The molecule has 6 nitrogen and oxygen atoms in total. The third-order valence-corrected chi connectivity index (χ3v) is 2.45. The van der Waals surface area contributed by atoms with Gasteiger partial charge in [-0.3, -0.25) is 9.11 Å². The summed E-state index contributed by atoms with van der Waals surface area (Å²) in [5.41, 5.74) is 0.512. The number of hydrogen-bond acceptors (Lipinski definition) is 5. The van der Waals surface area contributed by atoms with E-state index in [0.717, 1.165) is 4.09 Å². The molecule has 0 aliphatic heterocycles. The maximum absolute atomic E-state index is 9.48. The topological polar surface area (TPSA) is 83.5 Å². The lowest BCUT2D eigenvalue weighted by Gasteiger charge is -2.26. The zero-order valence-corrected chi connectivity index (χ0v) is 9.64. The van der Waals surface area contributed by atoms with Crippen LogP contribution in [0.2, 0.25) is 0 Å². The zero-order chi connectivity index (χ0) is 11.5. The van der Waals surface area contributed by atoms with Gasteiger partial charge in [-0.1, -0.05) is 16.9 Å². The first-order chi connectivity index (χ1) is 7.00. The monoisotopic (exact) mass is 230 g/mol. The molecule has 0 spiro atoms. The quantitative estimate of drug-likeness (QED) is 0.779. The van der Waals surface area contributed by atoms with Crippen molar-refractivity contribution in [3.05, 3.63) is 11.8 Å². The molecule has 0 aromatic carbocycles. The minimum absolute atomic E-state index is 0.345. The van der Waals surface area contributed by atoms with Crippen LogP contribution >= 0.6 is 10.8 Å². The molecule has 0 bridgehead atoms. The second-order valence-electron chi connectivity index (χ2n) is 2.85. The van der Waals surface area contributed by atoms with E-state index < -0.39 is 10.8 Å². The molecule has 2 N–H and O–H groups in total. The van der Waals surface area contributed by atoms with Gasteiger partial charge in [0.05, 0.1) is 0 Å². The second kappa shape index (κ2) is 4.56. The van der Waals surface area contributed by atoms with Crippen molar-refractivity contribution >= 4 is 28.9 Å². The first kappa shape index (κ1) is 11.9. The van der Waals surface area contributed by atoms with Gasteiger partial charge < -0.3 is 0 Å². The van der Waals surface area contributed by atoms with Gasteiger partial charge in [0.15, 0.2) is 0 Å². The summed E-state index contributed by atoms with van der Waals surface area (Å²) in [5.74, 6) is 0.345. The van der Waals surface area contributed by atoms with E-state index in [1.165, 1.54) is 6.26 Å². The highest BCUT2D eigenvalue weighted by Crippen LogP contribution is 2.39. The summed E-state index contributed by atoms with van der Waals surface area (Å²) in [7, 11) is -2.96. The molecule has 0 fully saturated rings. The van der Waals surface area contributed by atoms with E-state index in [0.29, 0.717) is 11.5 Å². The average molecular weight is 230 g/mol. The van der Waals surface area contributed by atoms with Gasteiger partial charge in [-0.15, -0.1) is 9.19 Å². The largest absolute Gasteiger partial charge is 0.280 e. The van der Waals surface area contributed by atoms with Crippen LogP contribution in [0, 0.1) is 0 Å². The summed E-state index contributed by atoms with van der Waals surface area (Å²) < 4.78 is 20.0. The van der Waals surface area contributed by atoms with E-state index in [2.05, 4.69) is 15.3 Å². The average Bonchev–Trinajstić information content (AvgIpc) is 2.49. The Kier molecular flexibility index (Phi) is 3.61. The Morgan fingerprint density at radius 2 is 2.07 bits per heavy atom. The summed E-state index contributed by atoms with van der Waals surface area (Å²) in [4.78, 5) is 4.01. The molecule has 0 atom stereocenters. The summed E-state index contributed by atoms with van der Waals surface area (Å²) in [6.07, 6.45) is 6.31. The Morgan fingerprint density at radius 3 is 2.53 bits per heavy atom. The van der Waals surface area contributed by atoms with Crippen molar-refractivity contribution in [1.82, 2.24) is 14.4 Å². The van der Waals surface area contributed by atoms with Gasteiger partial charge in [0.1, 0.15) is 5.69 Å². The van der Waals surface area contributed by atoms with Gasteiger partial charge in [0.25, 0.3) is 0 Å². The summed E-state index contributed by atoms with van der Waals surface area (Å²) in [5, 5.41) is 7.47. The molecule has 1 aromatic rings. The third-order valence-electron chi connectivity index (χ3n) is 1.55. The normalized spacial score (nSPS) is 14.2. The number of aliphatic imine (C=N–C) groups is 1. The molecule has 0 amide bonds. The fourth-order valence-electron chi connectivity index (χ4n) is 1.01. The molecule has 84 valence electrons. The van der Waals surface area contributed by atoms with Crippen molar-refractivity contribution in [2.45, 2.75) is 13.8 Å². The van der Waals surface area contributed by atoms with Gasteiger partial charge >= 0.3 is 0 Å². The molecule has 15 heavy (non-hydrogen) atoms. The first-order valence-corrected chi connectivity index (χ1v) is 6.22. The Hall–Kier alpha value is -1.18. The molecule has 0 saturated heterocycles. The van der Waals surface area contributed by atoms with E-state index >= 15 is 0 Å². The van der Waals surface area contributed by atoms with Crippen LogP contribution in [0.15, 0.2) is 11.1 Å². The maximum atomic E-state index is 9.48. The van der Waals surface area contributed by atoms with Crippen molar-refractivity contribution in [3.8, 4) is 0 Å². The number of hydrogen-bond donors (Lipinski definition) is 2. The van der Waals surface area contributed by atoms with Crippen molar-refractivity contribution in [3.63, 3.8) is 0 Å². The van der Waals surface area contributed by atoms with E-state index in [4.69, 9.17) is 0 Å². The third kappa shape index (κ3) is 2.65. The predicted octanol–water partition coefficient (Wildman–Crippen LogP) is 2.18. The highest BCUT2D eigenvalue weighted by molar-refractivity contribution is 8.22. The number of allylic oxidation sites excluding steroid dienone is 1. The molecular formula is C8H14N4O2S. The summed E-state index contributed by atoms with van der Waals surface area (Å²) >= 11 is 0. The van der Waals surface area contributed by atoms with Crippen molar-refractivity contribution < 1.29 is 9.11 Å². The van der Waals surface area contributed by atoms with Crippen molar-refractivity contribution in [1.29, 1.82) is 0 Å². The second-order valence-corrected chi connectivity index (χ2v) is 4.78. The van der Waals surface area contributed by atoms with E-state index in [1.54, 1.807) is 25.3 Å². The van der Waals surface area contributed by atoms with Gasteiger partial charge in [0.2, 0.25) is 5.82 Å². The fraction of sp³-hybridized carbons (Fsp3) is 0.375. The van der Waals surface area contributed by atoms with Crippen molar-refractivity contribution in [2.75, 3.05) is 6.26 Å². The highest BCUT2D eigenvalue weighted by Gasteiger charge is 2.17. The Labute approximate surface area is 89.8 Å². The fourth-order valence-corrected chi connectivity index (χ4v) is 1.65. The van der Waals surface area contributed by atoms with Crippen LogP contribution < -0.4 is 0 Å². The van der Waals surface area contributed by atoms with Crippen molar-refractivity contribution in [2.24, 2.45) is 4.99 Å². The van der Waals surface area contributed by atoms with Crippen LogP contribution in [0.3, 0.4) is 0 Å². The maximum Gasteiger partial charge on any atom is 0.200 e. The summed E-state index contributed by atoms with van der Waals surface area (Å²) in [6.45, 7) is 3.57. The van der Waals surface area contributed by atoms with Crippen LogP contribution in [0.1, 0.15) is 19.5 Å². The minimum atomic E-state index is -2.96. The highest BCUT2D eigenvalue weighted by atomic mass is 32.3. The number of rotatable bonds is 3. The molecular weight excluding hydrogens is 216 g/mol. The molecule has 0 radical (unpaired) electrons. The first-order valence-electron chi connectivity index (χ1n) is 4.31. The standard InChI is InChI=1S/C8H14N4O2S/c1-4-6-7-8(9-5-2)12(11-10-7)15(3,13)14/h4-6,13-14H,1-3H3/b6-4-,9-5-. The Morgan fingerprint density at radius 1 is 1.40 bits per heavy atom. The van der Waals surface area contributed by atoms with E-state index in [-0.39, 0.29) is 0 Å². The molecule has 0 aliphatic rings. The zero-order valence-electron chi connectivity index (χ0n) is 8.82. The number of aromatic nitrogens is 3. The smallest absolute Gasteiger partial charge is 0.200 e. The molecule has 1 heterocycles. The lowest BCUT2D eigenvalue weighted by Crippen LogP contribution is -2.08. The van der Waals surface area contributed by atoms with Crippen LogP contribution in [0.5, 0.6) is 0 Å². The molecule has 1 aromatic heterocycles. The molecule has 0 saturated carbocycles. The van der Waals surface area contributed by atoms with E-state index in [1.807, 2.05) is 6.92 Å². The van der Waals surface area contributed by atoms with Crippen LogP contribution in [0.25, 0.3) is 6.08 Å². The SMILES string of the molecule is C/C=C\c1nnn(S(C)(O)O)c1/N=C\C. The van der Waals surface area contributed by atoms with Gasteiger partial charge in [-0.25, -0.2) is 4.99 Å².